The first-order valence-electron chi connectivity index (χ1n) is 5.51. The van der Waals surface area contributed by atoms with Crippen molar-refractivity contribution in [3.05, 3.63) is 40.4 Å². The second-order valence-electron chi connectivity index (χ2n) is 3.92. The molecular formula is C13H13F3O2Se. The second kappa shape index (κ2) is 6.78. The third kappa shape index (κ3) is 6.45. The van der Waals surface area contributed by atoms with Crippen LogP contribution in [-0.4, -0.2) is 32.1 Å². The number of hydrogen-bond donors (Lipinski definition) is 0. The van der Waals surface area contributed by atoms with Gasteiger partial charge in [0, 0.05) is 0 Å². The first-order chi connectivity index (χ1) is 8.78. The fraction of sp³-hybridized carbons (Fsp3) is 0.308. The Morgan fingerprint density at radius 2 is 1.84 bits per heavy atom. The van der Waals surface area contributed by atoms with Crippen LogP contribution >= 0.6 is 0 Å². The zero-order valence-corrected chi connectivity index (χ0v) is 12.1. The van der Waals surface area contributed by atoms with Crippen LogP contribution in [0.3, 0.4) is 0 Å². The Morgan fingerprint density at radius 1 is 1.26 bits per heavy atom. The van der Waals surface area contributed by atoms with Gasteiger partial charge in [-0.05, 0) is 0 Å². The molecule has 0 aliphatic heterocycles. The molecule has 0 atom stereocenters. The molecule has 0 saturated carbocycles. The third-order valence-corrected chi connectivity index (χ3v) is 3.41. The molecule has 1 aromatic carbocycles. The number of rotatable bonds is 4. The van der Waals surface area contributed by atoms with E-state index in [-0.39, 0.29) is 4.47 Å². The van der Waals surface area contributed by atoms with Gasteiger partial charge in [0.2, 0.25) is 0 Å². The van der Waals surface area contributed by atoms with E-state index in [0.717, 1.165) is 0 Å². The molecule has 1 rings (SSSR count). The molecule has 0 radical (unpaired) electrons. The van der Waals surface area contributed by atoms with E-state index >= 15 is 0 Å². The summed E-state index contributed by atoms with van der Waals surface area (Å²) in [6, 6.07) is 8.40. The summed E-state index contributed by atoms with van der Waals surface area (Å²) in [6.07, 6.45) is 0.786. The van der Waals surface area contributed by atoms with Crippen molar-refractivity contribution in [3.8, 4) is 0 Å². The van der Waals surface area contributed by atoms with Gasteiger partial charge in [0.25, 0.3) is 0 Å². The fourth-order valence-electron chi connectivity index (χ4n) is 1.23. The monoisotopic (exact) mass is 338 g/mol. The summed E-state index contributed by atoms with van der Waals surface area (Å²) in [5.41, 5.74) is 0.546. The molecule has 1 aromatic rings. The van der Waals surface area contributed by atoms with E-state index < -0.39 is 32.1 Å². The number of esters is 1. The second-order valence-corrected chi connectivity index (χ2v) is 6.24. The number of alkyl halides is 3. The van der Waals surface area contributed by atoms with E-state index in [0.29, 0.717) is 5.56 Å². The molecule has 0 unspecified atom stereocenters. The van der Waals surface area contributed by atoms with Gasteiger partial charge in [-0.15, -0.1) is 0 Å². The minimum atomic E-state index is -4.39. The SMILES string of the molecule is CC(C)OC(=O)/C(=C\c1ccccc1)[Se]C(F)(F)F. The maximum absolute atomic E-state index is 12.5. The Hall–Kier alpha value is -1.26. The average Bonchev–Trinajstić information content (AvgIpc) is 2.26. The molecular weight excluding hydrogens is 324 g/mol. The van der Waals surface area contributed by atoms with Gasteiger partial charge in [-0.3, -0.25) is 0 Å². The van der Waals surface area contributed by atoms with Gasteiger partial charge in [0.15, 0.2) is 0 Å². The van der Waals surface area contributed by atoms with E-state index in [2.05, 4.69) is 0 Å². The van der Waals surface area contributed by atoms with Crippen LogP contribution in [-0.2, 0) is 9.53 Å². The zero-order valence-electron chi connectivity index (χ0n) is 10.4. The number of carbonyl (C=O) groups is 1. The molecule has 0 heterocycles. The number of halogens is 3. The number of benzene rings is 1. The van der Waals surface area contributed by atoms with Crippen LogP contribution in [0.5, 0.6) is 0 Å². The Bertz CT molecular complexity index is 453. The Morgan fingerprint density at radius 3 is 2.32 bits per heavy atom. The molecule has 0 aliphatic rings. The molecule has 0 fully saturated rings. The summed E-state index contributed by atoms with van der Waals surface area (Å²) in [5.74, 6) is -0.906. The quantitative estimate of drug-likeness (QED) is 0.479. The van der Waals surface area contributed by atoms with Crippen LogP contribution in [0.15, 0.2) is 34.8 Å². The van der Waals surface area contributed by atoms with Crippen molar-refractivity contribution < 1.29 is 22.7 Å². The summed E-state index contributed by atoms with van der Waals surface area (Å²) < 4.78 is 42.0. The first-order valence-corrected chi connectivity index (χ1v) is 7.22. The molecule has 0 amide bonds. The van der Waals surface area contributed by atoms with Crippen molar-refractivity contribution in [2.45, 2.75) is 25.0 Å². The van der Waals surface area contributed by atoms with Crippen LogP contribution in [0.1, 0.15) is 19.4 Å². The summed E-state index contributed by atoms with van der Waals surface area (Å²) >= 11 is -1.92. The molecule has 0 aromatic heterocycles. The van der Waals surface area contributed by atoms with Gasteiger partial charge in [-0.2, -0.15) is 0 Å². The topological polar surface area (TPSA) is 26.3 Å². The standard InChI is InChI=1S/C13H13F3O2Se/c1-9(2)18-12(17)11(19-13(14,15)16)8-10-6-4-3-5-7-10/h3-9H,1-2H3/b11-8+. The van der Waals surface area contributed by atoms with E-state index in [1.54, 1.807) is 44.2 Å². The summed E-state index contributed by atoms with van der Waals surface area (Å²) in [7, 11) is 0. The van der Waals surface area contributed by atoms with Crippen molar-refractivity contribution in [2.24, 2.45) is 0 Å². The molecule has 0 N–H and O–H groups in total. The van der Waals surface area contributed by atoms with Crippen LogP contribution in [0.25, 0.3) is 6.08 Å². The minimum absolute atomic E-state index is 0.333. The van der Waals surface area contributed by atoms with Crippen LogP contribution in [0, 0.1) is 0 Å². The molecule has 104 valence electrons. The Labute approximate surface area is 115 Å². The number of ether oxygens (including phenoxy) is 1. The summed E-state index contributed by atoms with van der Waals surface area (Å²) in [4.78, 5) is 11.7. The number of hydrogen-bond acceptors (Lipinski definition) is 2. The molecule has 0 saturated heterocycles. The van der Waals surface area contributed by atoms with Crippen molar-refractivity contribution in [1.82, 2.24) is 0 Å². The average molecular weight is 337 g/mol. The van der Waals surface area contributed by atoms with Gasteiger partial charge < -0.3 is 0 Å². The molecule has 19 heavy (non-hydrogen) atoms. The van der Waals surface area contributed by atoms with Gasteiger partial charge in [-0.1, -0.05) is 0 Å². The van der Waals surface area contributed by atoms with Crippen molar-refractivity contribution in [1.29, 1.82) is 0 Å². The first kappa shape index (κ1) is 15.8. The van der Waals surface area contributed by atoms with Crippen molar-refractivity contribution >= 4 is 27.0 Å². The number of carbonyl (C=O) groups excluding carboxylic acids is 1. The summed E-state index contributed by atoms with van der Waals surface area (Å²) in [6.45, 7) is 3.19. The molecule has 6 heteroatoms. The predicted molar refractivity (Wildman–Crippen MR) is 67.5 cm³/mol. The van der Waals surface area contributed by atoms with Crippen molar-refractivity contribution in [2.75, 3.05) is 0 Å². The zero-order chi connectivity index (χ0) is 14.5. The van der Waals surface area contributed by atoms with Crippen LogP contribution in [0.2, 0.25) is 0 Å². The van der Waals surface area contributed by atoms with Gasteiger partial charge in [0.1, 0.15) is 0 Å². The van der Waals surface area contributed by atoms with Crippen LogP contribution < -0.4 is 0 Å². The van der Waals surface area contributed by atoms with E-state index in [9.17, 15) is 18.0 Å². The van der Waals surface area contributed by atoms with E-state index in [4.69, 9.17) is 4.74 Å². The van der Waals surface area contributed by atoms with Crippen LogP contribution in [0.4, 0.5) is 13.2 Å². The molecule has 0 spiro atoms. The molecule has 2 nitrogen and oxygen atoms in total. The maximum atomic E-state index is 12.5. The summed E-state index contributed by atoms with van der Waals surface area (Å²) in [5, 5.41) is -4.39. The van der Waals surface area contributed by atoms with Gasteiger partial charge >= 0.3 is 115 Å². The van der Waals surface area contributed by atoms with E-state index in [1.807, 2.05) is 0 Å². The Kier molecular flexibility index (Phi) is 5.63. The molecule has 0 bridgehead atoms. The van der Waals surface area contributed by atoms with Gasteiger partial charge in [0.05, 0.1) is 0 Å². The molecule has 0 aliphatic carbocycles. The fourth-order valence-corrected chi connectivity index (χ4v) is 2.44. The third-order valence-electron chi connectivity index (χ3n) is 1.87. The predicted octanol–water partition coefficient (Wildman–Crippen LogP) is 3.20. The van der Waals surface area contributed by atoms with Gasteiger partial charge in [-0.25, -0.2) is 0 Å². The van der Waals surface area contributed by atoms with E-state index in [1.165, 1.54) is 6.08 Å². The Balaban J connectivity index is 2.99. The normalized spacial score (nSPS) is 12.6. The van der Waals surface area contributed by atoms with Crippen molar-refractivity contribution in [3.63, 3.8) is 0 Å².